The Labute approximate surface area is 206 Å². The molecule has 1 fully saturated rings. The first-order chi connectivity index (χ1) is 17.0. The number of hydrogen-bond donors (Lipinski definition) is 2. The number of nitrogens with zero attached hydrogens (tertiary/aromatic N) is 4. The fourth-order valence-electron chi connectivity index (χ4n) is 3.99. The molecule has 1 spiro atoms. The van der Waals surface area contributed by atoms with Gasteiger partial charge in [0.25, 0.3) is 5.91 Å². The van der Waals surface area contributed by atoms with Crippen LogP contribution in [0.5, 0.6) is 0 Å². The second kappa shape index (κ2) is 11.2. The summed E-state index contributed by atoms with van der Waals surface area (Å²) in [5.74, 6) is -3.94. The molecule has 206 valence electrons. The van der Waals surface area contributed by atoms with E-state index in [0.29, 0.717) is 5.76 Å². The number of fused-ring (bicyclic) bond motifs is 2. The Kier molecular flexibility index (Phi) is 9.00. The lowest BCUT2D eigenvalue weighted by atomic mass is 9.83. The summed E-state index contributed by atoms with van der Waals surface area (Å²) in [7, 11) is 2.18. The van der Waals surface area contributed by atoms with Crippen LogP contribution >= 0.6 is 0 Å². The van der Waals surface area contributed by atoms with Crippen molar-refractivity contribution in [3.8, 4) is 0 Å². The van der Waals surface area contributed by atoms with Gasteiger partial charge in [0.1, 0.15) is 5.82 Å². The quantitative estimate of drug-likeness (QED) is 0.526. The van der Waals surface area contributed by atoms with Gasteiger partial charge in [0.2, 0.25) is 0 Å². The van der Waals surface area contributed by atoms with Crippen LogP contribution < -0.4 is 0 Å². The summed E-state index contributed by atoms with van der Waals surface area (Å²) in [6.45, 7) is 5.60. The van der Waals surface area contributed by atoms with Gasteiger partial charge in [0.15, 0.2) is 5.76 Å². The molecule has 4 heterocycles. The molecular formula is C21H24F6N4O6. The van der Waals surface area contributed by atoms with E-state index in [4.69, 9.17) is 29.2 Å². The van der Waals surface area contributed by atoms with Crippen LogP contribution in [-0.2, 0) is 21.7 Å². The smallest absolute Gasteiger partial charge is 0.475 e. The van der Waals surface area contributed by atoms with Gasteiger partial charge in [0, 0.05) is 38.1 Å². The van der Waals surface area contributed by atoms with Crippen molar-refractivity contribution in [1.29, 1.82) is 0 Å². The largest absolute Gasteiger partial charge is 0.490 e. The van der Waals surface area contributed by atoms with E-state index in [1.54, 1.807) is 18.4 Å². The SMILES string of the molecule is Cc1cnc2n1CCN(C)C21CCN(C(=O)c2ccco2)CC1.O=C(O)C(F)(F)F.O=C(O)C(F)(F)F. The van der Waals surface area contributed by atoms with E-state index in [2.05, 4.69) is 23.4 Å². The summed E-state index contributed by atoms with van der Waals surface area (Å²) < 4.78 is 71.1. The van der Waals surface area contributed by atoms with Gasteiger partial charge in [-0.3, -0.25) is 9.69 Å². The van der Waals surface area contributed by atoms with Gasteiger partial charge >= 0.3 is 24.3 Å². The number of imidazole rings is 1. The van der Waals surface area contributed by atoms with Crippen LogP contribution in [0, 0.1) is 6.92 Å². The molecule has 1 saturated heterocycles. The van der Waals surface area contributed by atoms with Crippen LogP contribution in [0.2, 0.25) is 0 Å². The molecule has 0 saturated carbocycles. The van der Waals surface area contributed by atoms with Gasteiger partial charge in [0.05, 0.1) is 11.8 Å². The minimum absolute atomic E-state index is 0.0113. The third kappa shape index (κ3) is 7.02. The zero-order valence-electron chi connectivity index (χ0n) is 19.6. The first kappa shape index (κ1) is 29.7. The highest BCUT2D eigenvalue weighted by atomic mass is 19.4. The summed E-state index contributed by atoms with van der Waals surface area (Å²) in [6, 6.07) is 3.49. The Morgan fingerprint density at radius 2 is 1.49 bits per heavy atom. The molecule has 0 unspecified atom stereocenters. The number of aromatic nitrogens is 2. The molecule has 2 aliphatic rings. The van der Waals surface area contributed by atoms with E-state index in [9.17, 15) is 31.1 Å². The molecule has 4 rings (SSSR count). The normalized spacial score (nSPS) is 17.1. The number of carbonyl (C=O) groups is 3. The molecule has 1 amide bonds. The molecule has 16 heteroatoms. The molecule has 2 aromatic rings. The number of alkyl halides is 6. The van der Waals surface area contributed by atoms with Crippen molar-refractivity contribution in [2.45, 2.75) is 44.2 Å². The number of furan rings is 1. The summed E-state index contributed by atoms with van der Waals surface area (Å²) in [5.41, 5.74) is 1.17. The van der Waals surface area contributed by atoms with E-state index in [0.717, 1.165) is 44.8 Å². The highest BCUT2D eigenvalue weighted by Crippen LogP contribution is 2.40. The highest BCUT2D eigenvalue weighted by molar-refractivity contribution is 5.91. The molecule has 0 aliphatic carbocycles. The van der Waals surface area contributed by atoms with Crippen molar-refractivity contribution in [3.63, 3.8) is 0 Å². The van der Waals surface area contributed by atoms with E-state index in [-0.39, 0.29) is 11.4 Å². The molecule has 2 N–H and O–H groups in total. The van der Waals surface area contributed by atoms with Crippen LogP contribution in [-0.4, -0.2) is 86.4 Å². The van der Waals surface area contributed by atoms with Gasteiger partial charge < -0.3 is 24.1 Å². The minimum Gasteiger partial charge on any atom is -0.475 e. The number of likely N-dealkylation sites (tertiary alicyclic amines) is 1. The lowest BCUT2D eigenvalue weighted by Gasteiger charge is -2.49. The molecule has 37 heavy (non-hydrogen) atoms. The average Bonchev–Trinajstić information content (AvgIpc) is 3.47. The minimum atomic E-state index is -5.08. The summed E-state index contributed by atoms with van der Waals surface area (Å²) >= 11 is 0. The van der Waals surface area contributed by atoms with Crippen molar-refractivity contribution in [2.75, 3.05) is 26.7 Å². The van der Waals surface area contributed by atoms with E-state index in [1.807, 2.05) is 11.1 Å². The lowest BCUT2D eigenvalue weighted by Crippen LogP contribution is -2.57. The van der Waals surface area contributed by atoms with Crippen molar-refractivity contribution >= 4 is 17.8 Å². The topological polar surface area (TPSA) is 129 Å². The first-order valence-corrected chi connectivity index (χ1v) is 10.7. The van der Waals surface area contributed by atoms with Crippen LogP contribution in [0.1, 0.15) is 34.9 Å². The Morgan fingerprint density at radius 1 is 0.973 bits per heavy atom. The maximum atomic E-state index is 12.5. The highest BCUT2D eigenvalue weighted by Gasteiger charge is 2.46. The second-order valence-corrected chi connectivity index (χ2v) is 8.20. The molecule has 10 nitrogen and oxygen atoms in total. The Bertz CT molecular complexity index is 1060. The van der Waals surface area contributed by atoms with Crippen LogP contribution in [0.3, 0.4) is 0 Å². The molecule has 2 aliphatic heterocycles. The van der Waals surface area contributed by atoms with Crippen LogP contribution in [0.25, 0.3) is 0 Å². The fraction of sp³-hybridized carbons (Fsp3) is 0.524. The third-order valence-corrected chi connectivity index (χ3v) is 5.96. The van der Waals surface area contributed by atoms with Crippen molar-refractivity contribution in [1.82, 2.24) is 19.4 Å². The van der Waals surface area contributed by atoms with Crippen LogP contribution in [0.4, 0.5) is 26.3 Å². The predicted molar refractivity (Wildman–Crippen MR) is 112 cm³/mol. The molecule has 0 bridgehead atoms. The van der Waals surface area contributed by atoms with Gasteiger partial charge in [-0.2, -0.15) is 26.3 Å². The van der Waals surface area contributed by atoms with Crippen molar-refractivity contribution in [3.05, 3.63) is 41.9 Å². The number of piperidine rings is 1. The van der Waals surface area contributed by atoms with Crippen molar-refractivity contribution < 1.29 is 55.4 Å². The second-order valence-electron chi connectivity index (χ2n) is 8.20. The zero-order valence-corrected chi connectivity index (χ0v) is 19.6. The number of likely N-dealkylation sites (N-methyl/N-ethyl adjacent to an activating group) is 1. The van der Waals surface area contributed by atoms with E-state index < -0.39 is 24.3 Å². The lowest BCUT2D eigenvalue weighted by molar-refractivity contribution is -0.193. The standard InChI is InChI=1S/C17H22N4O2.2C2HF3O2/c1-13-12-18-16-17(19(2)9-10-21(13)16)5-7-20(8-6-17)15(22)14-4-3-11-23-14;2*3-2(4,5)1(6)7/h3-4,11-12H,5-10H2,1-2H3;2*(H,6,7). The molecule has 0 radical (unpaired) electrons. The third-order valence-electron chi connectivity index (χ3n) is 5.96. The molecule has 0 aromatic carbocycles. The van der Waals surface area contributed by atoms with Gasteiger partial charge in [-0.1, -0.05) is 0 Å². The summed E-state index contributed by atoms with van der Waals surface area (Å²) in [4.78, 5) is 39.3. The molecule has 0 atom stereocenters. The van der Waals surface area contributed by atoms with E-state index in [1.165, 1.54) is 5.69 Å². The van der Waals surface area contributed by atoms with Crippen molar-refractivity contribution in [2.24, 2.45) is 0 Å². The Morgan fingerprint density at radius 3 is 1.92 bits per heavy atom. The number of rotatable bonds is 1. The Hall–Kier alpha value is -3.56. The number of aliphatic carboxylic acids is 2. The van der Waals surface area contributed by atoms with E-state index >= 15 is 0 Å². The number of amides is 1. The number of aryl methyl sites for hydroxylation is 1. The van der Waals surface area contributed by atoms with Gasteiger partial charge in [-0.25, -0.2) is 14.6 Å². The summed E-state index contributed by atoms with van der Waals surface area (Å²) in [5, 5.41) is 14.2. The molecular weight excluding hydrogens is 518 g/mol. The monoisotopic (exact) mass is 542 g/mol. The number of carboxylic acids is 2. The number of carbonyl (C=O) groups excluding carboxylic acids is 1. The van der Waals surface area contributed by atoms with Crippen LogP contribution in [0.15, 0.2) is 29.0 Å². The predicted octanol–water partition coefficient (Wildman–Crippen LogP) is 3.13. The van der Waals surface area contributed by atoms with Gasteiger partial charge in [-0.05, 0) is 38.9 Å². The summed E-state index contributed by atoms with van der Waals surface area (Å²) in [6.07, 6.45) is -4.83. The maximum Gasteiger partial charge on any atom is 0.490 e. The Balaban J connectivity index is 0.000000286. The fourth-order valence-corrected chi connectivity index (χ4v) is 3.99. The maximum absolute atomic E-state index is 12.5. The molecule has 2 aromatic heterocycles. The average molecular weight is 542 g/mol. The number of carboxylic acid groups (broad SMARTS) is 2. The number of hydrogen-bond acceptors (Lipinski definition) is 6. The number of halogens is 6. The first-order valence-electron chi connectivity index (χ1n) is 10.7. The zero-order chi connectivity index (χ0) is 28.2. The van der Waals surface area contributed by atoms with Gasteiger partial charge in [-0.15, -0.1) is 0 Å².